The quantitative estimate of drug-likeness (QED) is 0.627. The average Bonchev–Trinajstić information content (AvgIpc) is 3.37. The van der Waals surface area contributed by atoms with Gasteiger partial charge in [-0.2, -0.15) is 18.4 Å². The fourth-order valence-corrected chi connectivity index (χ4v) is 9.69. The van der Waals surface area contributed by atoms with Crippen LogP contribution in [0.5, 0.6) is 0 Å². The highest BCUT2D eigenvalue weighted by Gasteiger charge is 2.77. The SMILES string of the molecule is CC(=O)N1CCCC1C#N.NC12CC3CC4(NS(=O)(=O)c5cccc(C(F)(F)F)c5)CC(C1)C4(C3)C2. The number of sulfonamides is 1. The van der Waals surface area contributed by atoms with E-state index >= 15 is 0 Å². The van der Waals surface area contributed by atoms with Crippen LogP contribution < -0.4 is 10.5 Å². The Labute approximate surface area is 209 Å². The highest BCUT2D eigenvalue weighted by atomic mass is 32.2. The van der Waals surface area contributed by atoms with Crippen LogP contribution in [0.3, 0.4) is 0 Å². The lowest BCUT2D eigenvalue weighted by Crippen LogP contribution is -2.67. The summed E-state index contributed by atoms with van der Waals surface area (Å²) in [5.74, 6) is 0.860. The monoisotopic (exact) mass is 524 g/mol. The first-order valence-corrected chi connectivity index (χ1v) is 13.9. The predicted molar refractivity (Wildman–Crippen MR) is 125 cm³/mol. The molecule has 1 saturated heterocycles. The largest absolute Gasteiger partial charge is 0.416 e. The normalized spacial score (nSPS) is 38.1. The summed E-state index contributed by atoms with van der Waals surface area (Å²) in [5.41, 5.74) is 4.76. The van der Waals surface area contributed by atoms with E-state index in [0.717, 1.165) is 76.1 Å². The molecule has 5 aliphatic rings. The number of halogens is 3. The van der Waals surface area contributed by atoms with Crippen molar-refractivity contribution in [3.8, 4) is 6.07 Å². The molecule has 6 atom stereocenters. The molecular formula is C25H31F3N4O3S. The Morgan fingerprint density at radius 1 is 1.22 bits per heavy atom. The first kappa shape index (κ1) is 25.5. The number of alkyl halides is 3. The predicted octanol–water partition coefficient (Wildman–Crippen LogP) is 3.55. The van der Waals surface area contributed by atoms with Crippen molar-refractivity contribution in [2.75, 3.05) is 6.54 Å². The summed E-state index contributed by atoms with van der Waals surface area (Å²) in [6.07, 6.45) is 2.43. The van der Waals surface area contributed by atoms with Gasteiger partial charge in [-0.25, -0.2) is 13.1 Å². The van der Waals surface area contributed by atoms with E-state index in [9.17, 15) is 26.4 Å². The third kappa shape index (κ3) is 3.92. The second-order valence-corrected chi connectivity index (χ2v) is 13.2. The van der Waals surface area contributed by atoms with Crippen LogP contribution >= 0.6 is 0 Å². The number of amides is 1. The maximum atomic E-state index is 13.0. The van der Waals surface area contributed by atoms with Gasteiger partial charge < -0.3 is 10.6 Å². The number of nitrogens with one attached hydrogen (secondary N) is 1. The van der Waals surface area contributed by atoms with Gasteiger partial charge in [-0.3, -0.25) is 4.79 Å². The summed E-state index contributed by atoms with van der Waals surface area (Å²) in [5, 5.41) is 8.54. The van der Waals surface area contributed by atoms with Gasteiger partial charge in [-0.15, -0.1) is 0 Å². The molecule has 7 nitrogen and oxygen atoms in total. The molecular weight excluding hydrogens is 493 g/mol. The Balaban J connectivity index is 0.000000226. The zero-order valence-corrected chi connectivity index (χ0v) is 21.0. The molecule has 1 spiro atoms. The minimum atomic E-state index is -4.57. The Hall–Kier alpha value is -2.16. The summed E-state index contributed by atoms with van der Waals surface area (Å²) < 4.78 is 67.6. The highest BCUT2D eigenvalue weighted by Crippen LogP contribution is 2.77. The molecule has 11 heteroatoms. The lowest BCUT2D eigenvalue weighted by molar-refractivity contribution is -0.137. The summed E-state index contributed by atoms with van der Waals surface area (Å²) in [6.45, 7) is 2.27. The first-order valence-electron chi connectivity index (χ1n) is 12.4. The van der Waals surface area contributed by atoms with Crippen LogP contribution in [0.25, 0.3) is 0 Å². The minimum Gasteiger partial charge on any atom is -0.327 e. The van der Waals surface area contributed by atoms with Crippen molar-refractivity contribution in [3.05, 3.63) is 29.8 Å². The van der Waals surface area contributed by atoms with Crippen LogP contribution in [0.4, 0.5) is 13.2 Å². The van der Waals surface area contributed by atoms with Crippen molar-refractivity contribution >= 4 is 15.9 Å². The van der Waals surface area contributed by atoms with Crippen molar-refractivity contribution in [2.24, 2.45) is 23.0 Å². The maximum Gasteiger partial charge on any atom is 0.416 e. The van der Waals surface area contributed by atoms with E-state index in [2.05, 4.69) is 10.8 Å². The Kier molecular flexibility index (Phi) is 5.78. The number of likely N-dealkylation sites (tertiary alicyclic amines) is 1. The highest BCUT2D eigenvalue weighted by molar-refractivity contribution is 7.89. The van der Waals surface area contributed by atoms with Crippen LogP contribution in [0.15, 0.2) is 29.2 Å². The van der Waals surface area contributed by atoms with Gasteiger partial charge in [0.15, 0.2) is 0 Å². The lowest BCUT2D eigenvalue weighted by atomic mass is 9.51. The summed E-state index contributed by atoms with van der Waals surface area (Å²) in [7, 11) is -4.03. The molecule has 0 aromatic heterocycles. The molecule has 0 radical (unpaired) electrons. The Morgan fingerprint density at radius 2 is 1.97 bits per heavy atom. The minimum absolute atomic E-state index is 0.0176. The fraction of sp³-hybridized carbons (Fsp3) is 0.680. The second-order valence-electron chi connectivity index (χ2n) is 11.5. The number of nitrogens with two attached hydrogens (primary N) is 1. The number of hydrogen-bond donors (Lipinski definition) is 2. The van der Waals surface area contributed by atoms with Crippen LogP contribution in [-0.4, -0.2) is 42.9 Å². The number of nitrogens with zero attached hydrogens (tertiary/aromatic N) is 2. The fourth-order valence-electron chi connectivity index (χ4n) is 8.15. The molecule has 6 unspecified atom stereocenters. The number of nitriles is 1. The summed E-state index contributed by atoms with van der Waals surface area (Å²) >= 11 is 0. The van der Waals surface area contributed by atoms with E-state index in [1.165, 1.54) is 13.0 Å². The van der Waals surface area contributed by atoms with Crippen LogP contribution in [0.1, 0.15) is 63.9 Å². The van der Waals surface area contributed by atoms with Gasteiger partial charge in [0, 0.05) is 24.5 Å². The van der Waals surface area contributed by atoms with Crippen molar-refractivity contribution in [2.45, 2.75) is 86.5 Å². The maximum absolute atomic E-state index is 13.0. The zero-order chi connectivity index (χ0) is 26.1. The smallest absolute Gasteiger partial charge is 0.327 e. The van der Waals surface area contributed by atoms with Gasteiger partial charge in [0.05, 0.1) is 16.5 Å². The first-order chi connectivity index (χ1) is 16.7. The van der Waals surface area contributed by atoms with E-state index in [1.54, 1.807) is 4.90 Å². The molecule has 3 bridgehead atoms. The molecule has 4 aliphatic carbocycles. The molecule has 1 amide bonds. The van der Waals surface area contributed by atoms with Gasteiger partial charge in [-0.05, 0) is 86.8 Å². The topological polar surface area (TPSA) is 116 Å². The molecule has 6 rings (SSSR count). The molecule has 3 N–H and O–H groups in total. The van der Waals surface area contributed by atoms with Crippen molar-refractivity contribution in [3.63, 3.8) is 0 Å². The van der Waals surface area contributed by atoms with Gasteiger partial charge >= 0.3 is 6.18 Å². The van der Waals surface area contributed by atoms with E-state index in [0.29, 0.717) is 11.8 Å². The van der Waals surface area contributed by atoms with E-state index in [-0.39, 0.29) is 27.8 Å². The van der Waals surface area contributed by atoms with Crippen LogP contribution in [0.2, 0.25) is 0 Å². The van der Waals surface area contributed by atoms with Crippen molar-refractivity contribution in [1.82, 2.24) is 9.62 Å². The molecule has 1 aromatic carbocycles. The van der Waals surface area contributed by atoms with E-state index in [4.69, 9.17) is 11.0 Å². The molecule has 1 heterocycles. The van der Waals surface area contributed by atoms with Crippen LogP contribution in [-0.2, 0) is 21.0 Å². The summed E-state index contributed by atoms with van der Waals surface area (Å²) in [4.78, 5) is 12.1. The number of hydrogen-bond acceptors (Lipinski definition) is 5. The number of carbonyl (C=O) groups excluding carboxylic acids is 1. The van der Waals surface area contributed by atoms with E-state index in [1.807, 2.05) is 0 Å². The van der Waals surface area contributed by atoms with Gasteiger partial charge in [-0.1, -0.05) is 6.07 Å². The number of fused-ring (bicyclic) bond motifs is 2. The second kappa shape index (κ2) is 8.17. The van der Waals surface area contributed by atoms with Gasteiger partial charge in [0.2, 0.25) is 15.9 Å². The molecule has 4 saturated carbocycles. The third-order valence-corrected chi connectivity index (χ3v) is 10.8. The van der Waals surface area contributed by atoms with Crippen molar-refractivity contribution < 1.29 is 26.4 Å². The van der Waals surface area contributed by atoms with E-state index < -0.39 is 27.3 Å². The zero-order valence-electron chi connectivity index (χ0n) is 20.1. The lowest BCUT2D eigenvalue weighted by Gasteiger charge is -2.58. The average molecular weight is 525 g/mol. The third-order valence-electron chi connectivity index (χ3n) is 9.24. The number of benzene rings is 1. The Bertz CT molecular complexity index is 1230. The number of rotatable bonds is 3. The Morgan fingerprint density at radius 3 is 2.61 bits per heavy atom. The van der Waals surface area contributed by atoms with Gasteiger partial charge in [0.1, 0.15) is 6.04 Å². The molecule has 1 aliphatic heterocycles. The van der Waals surface area contributed by atoms with Gasteiger partial charge in [0.25, 0.3) is 0 Å². The molecule has 36 heavy (non-hydrogen) atoms. The molecule has 196 valence electrons. The molecule has 5 fully saturated rings. The van der Waals surface area contributed by atoms with Crippen molar-refractivity contribution in [1.29, 1.82) is 5.26 Å². The number of carbonyl (C=O) groups is 1. The standard InChI is InChI=1S/C18H21F3N2O2S.C7H10N2O/c19-18(20,21)12-2-1-3-14(4-12)26(24,25)23-17-7-11-5-15(22)8-13(9-17)16(17,6-11)10-15;1-6(10)9-4-2-3-7(9)5-8/h1-4,11,13,23H,5-10,22H2;7H,2-4H2,1H3. The summed E-state index contributed by atoms with van der Waals surface area (Å²) in [6, 6.07) is 5.92. The molecule has 1 aromatic rings. The van der Waals surface area contributed by atoms with Crippen LogP contribution in [0, 0.1) is 28.6 Å².